The summed E-state index contributed by atoms with van der Waals surface area (Å²) in [6.07, 6.45) is 2.28. The van der Waals surface area contributed by atoms with E-state index in [1.54, 1.807) is 11.3 Å². The first-order chi connectivity index (χ1) is 12.8. The number of aryl methyl sites for hydroxylation is 1. The number of tetrazole rings is 1. The number of carbonyl (C=O) groups is 1. The molecule has 1 fully saturated rings. The highest BCUT2D eigenvalue weighted by Crippen LogP contribution is 2.24. The Balaban J connectivity index is 1.25. The molecule has 2 aromatic heterocycles. The Morgan fingerprint density at radius 2 is 2.15 bits per heavy atom. The van der Waals surface area contributed by atoms with Crippen LogP contribution in [0, 0.1) is 0 Å². The van der Waals surface area contributed by atoms with Crippen molar-refractivity contribution >= 4 is 17.2 Å². The van der Waals surface area contributed by atoms with E-state index in [0.29, 0.717) is 13.0 Å². The van der Waals surface area contributed by atoms with Crippen LogP contribution in [-0.4, -0.2) is 68.8 Å². The van der Waals surface area contributed by atoms with Crippen LogP contribution in [0.4, 0.5) is 0 Å². The molecule has 0 radical (unpaired) electrons. The van der Waals surface area contributed by atoms with E-state index in [-0.39, 0.29) is 5.91 Å². The van der Waals surface area contributed by atoms with Gasteiger partial charge < -0.3 is 9.64 Å². The molecule has 0 aromatic carbocycles. The maximum Gasteiger partial charge on any atom is 0.222 e. The lowest BCUT2D eigenvalue weighted by Crippen LogP contribution is -2.36. The van der Waals surface area contributed by atoms with E-state index in [2.05, 4.69) is 31.9 Å². The Labute approximate surface area is 156 Å². The van der Waals surface area contributed by atoms with Crippen molar-refractivity contribution in [2.24, 2.45) is 0 Å². The van der Waals surface area contributed by atoms with Gasteiger partial charge in [-0.05, 0) is 40.3 Å². The molecule has 0 unspecified atom stereocenters. The zero-order chi connectivity index (χ0) is 17.8. The number of carbonyl (C=O) groups excluding carboxylic acids is 1. The molecule has 0 saturated carbocycles. The first-order valence-corrected chi connectivity index (χ1v) is 10.1. The largest absolute Gasteiger partial charge is 0.379 e. The average Bonchev–Trinajstić information content (AvgIpc) is 3.31. The van der Waals surface area contributed by atoms with Gasteiger partial charge in [-0.3, -0.25) is 9.69 Å². The van der Waals surface area contributed by atoms with Gasteiger partial charge in [-0.1, -0.05) is 0 Å². The van der Waals surface area contributed by atoms with E-state index < -0.39 is 0 Å². The van der Waals surface area contributed by atoms with Gasteiger partial charge in [0.25, 0.3) is 0 Å². The van der Waals surface area contributed by atoms with Gasteiger partial charge in [0, 0.05) is 44.0 Å². The van der Waals surface area contributed by atoms with Gasteiger partial charge in [0.2, 0.25) is 5.91 Å². The smallest absolute Gasteiger partial charge is 0.222 e. The normalized spacial score (nSPS) is 18.1. The molecule has 2 aliphatic rings. The molecule has 1 saturated heterocycles. The van der Waals surface area contributed by atoms with E-state index in [0.717, 1.165) is 64.6 Å². The monoisotopic (exact) mass is 376 g/mol. The summed E-state index contributed by atoms with van der Waals surface area (Å²) in [5.74, 6) is 1.09. The molecule has 1 amide bonds. The second-order valence-electron chi connectivity index (χ2n) is 6.74. The van der Waals surface area contributed by atoms with Crippen LogP contribution < -0.4 is 0 Å². The van der Waals surface area contributed by atoms with Crippen molar-refractivity contribution in [3.8, 4) is 0 Å². The number of hydrogen-bond donors (Lipinski definition) is 0. The summed E-state index contributed by atoms with van der Waals surface area (Å²) in [6, 6.07) is 2.14. The average molecular weight is 376 g/mol. The van der Waals surface area contributed by atoms with Gasteiger partial charge in [-0.25, -0.2) is 4.68 Å². The maximum absolute atomic E-state index is 12.5. The Morgan fingerprint density at radius 1 is 1.27 bits per heavy atom. The molecule has 4 rings (SSSR count). The van der Waals surface area contributed by atoms with E-state index in [1.165, 1.54) is 10.4 Å². The predicted molar refractivity (Wildman–Crippen MR) is 96.6 cm³/mol. The standard InChI is InChI=1S/C17H24N6O2S/c24-17(22-6-3-15-14(12-22)4-11-26-15)2-1-5-23-16(18-19-20-23)13-21-7-9-25-10-8-21/h4,11H,1-3,5-10,12-13H2. The molecule has 0 atom stereocenters. The summed E-state index contributed by atoms with van der Waals surface area (Å²) in [5, 5.41) is 14.2. The second kappa shape index (κ2) is 8.24. The number of nitrogens with zero attached hydrogens (tertiary/aromatic N) is 6. The molecule has 9 heteroatoms. The summed E-state index contributed by atoms with van der Waals surface area (Å²) >= 11 is 1.80. The highest BCUT2D eigenvalue weighted by molar-refractivity contribution is 7.10. The van der Waals surface area contributed by atoms with Crippen LogP contribution in [0.15, 0.2) is 11.4 Å². The summed E-state index contributed by atoms with van der Waals surface area (Å²) in [4.78, 5) is 18.2. The van der Waals surface area contributed by atoms with Crippen LogP contribution in [0.1, 0.15) is 29.1 Å². The predicted octanol–water partition coefficient (Wildman–Crippen LogP) is 0.932. The molecular formula is C17H24N6O2S. The van der Waals surface area contributed by atoms with Crippen molar-refractivity contribution in [3.63, 3.8) is 0 Å². The zero-order valence-electron chi connectivity index (χ0n) is 14.8. The quantitative estimate of drug-likeness (QED) is 0.747. The van der Waals surface area contributed by atoms with E-state index in [9.17, 15) is 4.79 Å². The molecule has 26 heavy (non-hydrogen) atoms. The Hall–Kier alpha value is -1.84. The van der Waals surface area contributed by atoms with E-state index >= 15 is 0 Å². The Bertz CT molecular complexity index is 739. The number of thiophene rings is 1. The van der Waals surface area contributed by atoms with Gasteiger partial charge in [0.05, 0.1) is 19.8 Å². The van der Waals surface area contributed by atoms with Crippen LogP contribution in [0.25, 0.3) is 0 Å². The Morgan fingerprint density at radius 3 is 3.04 bits per heavy atom. The number of amides is 1. The van der Waals surface area contributed by atoms with E-state index in [4.69, 9.17) is 4.74 Å². The van der Waals surface area contributed by atoms with Crippen LogP contribution in [-0.2, 0) is 35.6 Å². The minimum atomic E-state index is 0.227. The second-order valence-corrected chi connectivity index (χ2v) is 7.75. The molecular weight excluding hydrogens is 352 g/mol. The summed E-state index contributed by atoms with van der Waals surface area (Å²) < 4.78 is 7.20. The minimum absolute atomic E-state index is 0.227. The number of fused-ring (bicyclic) bond motifs is 1. The van der Waals surface area contributed by atoms with Crippen LogP contribution >= 0.6 is 11.3 Å². The Kier molecular flexibility index (Phi) is 5.57. The molecule has 8 nitrogen and oxygen atoms in total. The van der Waals surface area contributed by atoms with Crippen molar-refractivity contribution in [3.05, 3.63) is 27.7 Å². The third-order valence-corrected chi connectivity index (χ3v) is 6.02. The fraction of sp³-hybridized carbons (Fsp3) is 0.647. The molecule has 0 spiro atoms. The summed E-state index contributed by atoms with van der Waals surface area (Å²) in [5.41, 5.74) is 1.31. The van der Waals surface area contributed by atoms with Crippen LogP contribution in [0.2, 0.25) is 0 Å². The molecule has 0 bridgehead atoms. The van der Waals surface area contributed by atoms with Crippen LogP contribution in [0.5, 0.6) is 0 Å². The molecule has 0 aliphatic carbocycles. The lowest BCUT2D eigenvalue weighted by atomic mass is 10.1. The minimum Gasteiger partial charge on any atom is -0.379 e. The van der Waals surface area contributed by atoms with Crippen molar-refractivity contribution in [2.45, 2.75) is 38.9 Å². The molecule has 140 valence electrons. The number of rotatable bonds is 6. The van der Waals surface area contributed by atoms with Crippen molar-refractivity contribution in [2.75, 3.05) is 32.8 Å². The molecule has 0 N–H and O–H groups in total. The van der Waals surface area contributed by atoms with Gasteiger partial charge in [0.1, 0.15) is 0 Å². The molecule has 2 aromatic rings. The summed E-state index contributed by atoms with van der Waals surface area (Å²) in [6.45, 7) is 6.34. The van der Waals surface area contributed by atoms with Gasteiger partial charge in [-0.2, -0.15) is 0 Å². The fourth-order valence-electron chi connectivity index (χ4n) is 3.47. The molecule has 2 aliphatic heterocycles. The maximum atomic E-state index is 12.5. The van der Waals surface area contributed by atoms with Gasteiger partial charge >= 0.3 is 0 Å². The third kappa shape index (κ3) is 4.11. The molecule has 4 heterocycles. The van der Waals surface area contributed by atoms with Crippen molar-refractivity contribution in [1.29, 1.82) is 0 Å². The van der Waals surface area contributed by atoms with Crippen molar-refractivity contribution in [1.82, 2.24) is 30.0 Å². The first kappa shape index (κ1) is 17.6. The van der Waals surface area contributed by atoms with Gasteiger partial charge in [0.15, 0.2) is 5.82 Å². The van der Waals surface area contributed by atoms with Crippen molar-refractivity contribution < 1.29 is 9.53 Å². The number of ether oxygens (including phenoxy) is 1. The zero-order valence-corrected chi connectivity index (χ0v) is 15.7. The van der Waals surface area contributed by atoms with Gasteiger partial charge in [-0.15, -0.1) is 16.4 Å². The lowest BCUT2D eigenvalue weighted by Gasteiger charge is -2.27. The SMILES string of the molecule is O=C(CCCn1nnnc1CN1CCOCC1)N1CCc2sccc2C1. The number of aromatic nitrogens is 4. The fourth-order valence-corrected chi connectivity index (χ4v) is 4.36. The number of morpholine rings is 1. The highest BCUT2D eigenvalue weighted by Gasteiger charge is 2.21. The lowest BCUT2D eigenvalue weighted by molar-refractivity contribution is -0.132. The summed E-state index contributed by atoms with van der Waals surface area (Å²) in [7, 11) is 0. The first-order valence-electron chi connectivity index (χ1n) is 9.18. The third-order valence-electron chi connectivity index (χ3n) is 5.00. The highest BCUT2D eigenvalue weighted by atomic mass is 32.1. The topological polar surface area (TPSA) is 76.4 Å². The van der Waals surface area contributed by atoms with E-state index in [1.807, 2.05) is 9.58 Å². The number of hydrogen-bond acceptors (Lipinski definition) is 7. The van der Waals surface area contributed by atoms with Crippen LogP contribution in [0.3, 0.4) is 0 Å².